The molecular weight excluding hydrogens is 829 g/mol. The molecule has 0 spiro atoms. The van der Waals surface area contributed by atoms with Crippen LogP contribution in [0, 0.1) is 5.41 Å². The van der Waals surface area contributed by atoms with E-state index < -0.39 is 0 Å². The second-order valence-electron chi connectivity index (χ2n) is 23.6. The summed E-state index contributed by atoms with van der Waals surface area (Å²) >= 11 is 0. The van der Waals surface area contributed by atoms with Gasteiger partial charge < -0.3 is 14.5 Å². The van der Waals surface area contributed by atoms with Crippen LogP contribution in [-0.4, -0.2) is 16.2 Å². The predicted molar refractivity (Wildman–Crippen MR) is 289 cm³/mol. The molecule has 2 aromatic heterocycles. The molecule has 0 bridgehead atoms. The summed E-state index contributed by atoms with van der Waals surface area (Å²) in [6.45, 7) is 32.9. The van der Waals surface area contributed by atoms with Crippen LogP contribution in [0.1, 0.15) is 125 Å². The van der Waals surface area contributed by atoms with E-state index in [1.54, 1.807) is 0 Å². The zero-order chi connectivity index (χ0) is 48.6. The Morgan fingerprint density at radius 2 is 1.07 bits per heavy atom. The van der Waals surface area contributed by atoms with Crippen molar-refractivity contribution in [3.63, 3.8) is 0 Å². The number of hydrogen-bond donors (Lipinski definition) is 0. The minimum absolute atomic E-state index is 0.0000785. The molecule has 5 heteroatoms. The lowest BCUT2D eigenvalue weighted by atomic mass is 9.78. The lowest BCUT2D eigenvalue weighted by Crippen LogP contribution is -2.31. The lowest BCUT2D eigenvalue weighted by molar-refractivity contribution is 0.480. The fourth-order valence-electron chi connectivity index (χ4n) is 9.55. The molecule has 0 amide bonds. The van der Waals surface area contributed by atoms with Crippen molar-refractivity contribution in [1.82, 2.24) is 9.55 Å². The van der Waals surface area contributed by atoms with Crippen LogP contribution in [0.4, 0.5) is 11.4 Å². The van der Waals surface area contributed by atoms with E-state index in [4.69, 9.17) is 9.72 Å². The van der Waals surface area contributed by atoms with Crippen LogP contribution in [0.25, 0.3) is 38.8 Å². The van der Waals surface area contributed by atoms with Gasteiger partial charge in [-0.05, 0) is 116 Å². The second-order valence-corrected chi connectivity index (χ2v) is 23.6. The molecule has 0 aliphatic carbocycles. The number of hydrogen-bond acceptors (Lipinski definition) is 4. The monoisotopic (exact) mass is 899 g/mol. The van der Waals surface area contributed by atoms with Gasteiger partial charge in [0.05, 0.1) is 17.7 Å². The number of fused-ring (bicyclic) bond motifs is 3. The summed E-state index contributed by atoms with van der Waals surface area (Å²) in [5.41, 5.74) is 14.0. The van der Waals surface area contributed by atoms with E-state index in [9.17, 15) is 0 Å². The highest BCUT2D eigenvalue weighted by Crippen LogP contribution is 2.45. The van der Waals surface area contributed by atoms with Gasteiger partial charge in [0.25, 0.3) is 0 Å². The number of benzene rings is 6. The summed E-state index contributed by atoms with van der Waals surface area (Å²) in [5, 5.41) is 2.32. The minimum atomic E-state index is -0.315. The second kappa shape index (κ2) is 16.9. The van der Waals surface area contributed by atoms with Gasteiger partial charge in [-0.25, -0.2) is 4.98 Å². The van der Waals surface area contributed by atoms with E-state index in [0.717, 1.165) is 39.4 Å². The average molecular weight is 899 g/mol. The minimum Gasteiger partial charge on any atom is -0.457 e. The van der Waals surface area contributed by atoms with Crippen LogP contribution in [0.15, 0.2) is 164 Å². The molecule has 0 N–H and O–H groups in total. The molecule has 9 rings (SSSR count). The molecule has 68 heavy (non-hydrogen) atoms. The number of aromatic nitrogens is 2. The molecule has 0 radical (unpaired) electrons. The molecule has 0 fully saturated rings. The maximum atomic E-state index is 7.13. The van der Waals surface area contributed by atoms with Crippen molar-refractivity contribution in [2.24, 2.45) is 5.41 Å². The molecule has 0 saturated carbocycles. The first-order valence-electron chi connectivity index (χ1n) is 24.4. The third-order valence-corrected chi connectivity index (χ3v) is 14.0. The Kier molecular flexibility index (Phi) is 11.5. The highest BCUT2D eigenvalue weighted by molar-refractivity contribution is 6.10. The molecule has 6 aromatic carbocycles. The number of nitrogens with zero attached hydrogens (tertiary/aromatic N) is 4. The maximum Gasteiger partial charge on any atom is 0.137 e. The smallest absolute Gasteiger partial charge is 0.137 e. The molecule has 1 aliphatic heterocycles. The van der Waals surface area contributed by atoms with Crippen molar-refractivity contribution in [3.05, 3.63) is 192 Å². The van der Waals surface area contributed by atoms with E-state index in [2.05, 4.69) is 263 Å². The van der Waals surface area contributed by atoms with Crippen LogP contribution in [0.5, 0.6) is 11.5 Å². The number of rotatable bonds is 8. The average Bonchev–Trinajstić information content (AvgIpc) is 3.89. The van der Waals surface area contributed by atoms with Crippen molar-refractivity contribution >= 4 is 33.2 Å². The summed E-state index contributed by atoms with van der Waals surface area (Å²) in [5.74, 6) is 2.44. The van der Waals surface area contributed by atoms with E-state index in [0.29, 0.717) is 6.67 Å². The van der Waals surface area contributed by atoms with Gasteiger partial charge in [0.15, 0.2) is 0 Å². The van der Waals surface area contributed by atoms with E-state index in [1.807, 2.05) is 6.20 Å². The molecule has 8 aromatic rings. The number of allylic oxidation sites excluding steroid dienone is 1. The highest BCUT2D eigenvalue weighted by atomic mass is 16.5. The fourth-order valence-corrected chi connectivity index (χ4v) is 9.55. The number of pyridine rings is 1. The van der Waals surface area contributed by atoms with Crippen LogP contribution in [0.2, 0.25) is 0 Å². The highest BCUT2D eigenvalue weighted by Gasteiger charge is 2.34. The van der Waals surface area contributed by atoms with Crippen molar-refractivity contribution in [1.29, 1.82) is 0 Å². The molecular formula is C63H70N4O. The third-order valence-electron chi connectivity index (χ3n) is 14.0. The third kappa shape index (κ3) is 9.08. The zero-order valence-electron chi connectivity index (χ0n) is 42.9. The normalized spacial score (nSPS) is 14.0. The van der Waals surface area contributed by atoms with Gasteiger partial charge in [0.1, 0.15) is 17.3 Å². The van der Waals surface area contributed by atoms with E-state index >= 15 is 0 Å². The maximum absolute atomic E-state index is 7.13. The first-order valence-corrected chi connectivity index (χ1v) is 24.4. The largest absolute Gasteiger partial charge is 0.457 e. The fraction of sp³-hybridized carbons (Fsp3) is 0.317. The quantitative estimate of drug-likeness (QED) is 0.152. The Morgan fingerprint density at radius 1 is 0.441 bits per heavy atom. The number of anilines is 2. The topological polar surface area (TPSA) is 33.5 Å². The van der Waals surface area contributed by atoms with Gasteiger partial charge in [-0.2, -0.15) is 0 Å². The molecule has 1 aliphatic rings. The SMILES string of the molecule is CC(C)(C)C1=CN(c2cc(Oc3ccc4c5cc(-c6ccccc6)ccc5n(-c5cc(C(C)(C)C)ccn5)c4c3)cc(C(C)(C)c3ccccc3)c2)CN1c1cc(C(C)(C)C)cc(C(C)(C)C)c1. The summed E-state index contributed by atoms with van der Waals surface area (Å²) in [4.78, 5) is 9.95. The first-order chi connectivity index (χ1) is 31.9. The zero-order valence-corrected chi connectivity index (χ0v) is 42.9. The van der Waals surface area contributed by atoms with Crippen LogP contribution >= 0.6 is 0 Å². The van der Waals surface area contributed by atoms with Crippen LogP contribution in [0.3, 0.4) is 0 Å². The number of ether oxygens (including phenoxy) is 1. The van der Waals surface area contributed by atoms with Gasteiger partial charge in [-0.15, -0.1) is 0 Å². The van der Waals surface area contributed by atoms with Gasteiger partial charge in [-0.1, -0.05) is 170 Å². The standard InChI is InChI=1S/C63H70N4O/c1-59(2,3)45-29-30-64-58(37-45)67-55-28-25-43(42-21-17-15-18-22-42)31-54(55)53-27-26-51(39-56(53)67)68-52-36-48(63(13,14)44-23-19-16-20-24-44)35-49(38-52)65-40-57(62(10,11)12)66(41-65)50-33-46(60(4,5)6)32-47(34-50)61(7,8)9/h15-40H,41H2,1-14H3. The van der Waals surface area contributed by atoms with Crippen molar-refractivity contribution in [2.45, 2.75) is 119 Å². The van der Waals surface area contributed by atoms with Gasteiger partial charge in [0.2, 0.25) is 0 Å². The van der Waals surface area contributed by atoms with Gasteiger partial charge in [-0.3, -0.25) is 4.57 Å². The van der Waals surface area contributed by atoms with Gasteiger partial charge in [0, 0.05) is 63.2 Å². The Balaban J connectivity index is 1.19. The summed E-state index contributed by atoms with van der Waals surface area (Å²) < 4.78 is 9.44. The predicted octanol–water partition coefficient (Wildman–Crippen LogP) is 17.0. The molecule has 3 heterocycles. The van der Waals surface area contributed by atoms with Gasteiger partial charge >= 0.3 is 0 Å². The molecule has 0 saturated heterocycles. The Hall–Kier alpha value is -6.59. The molecule has 5 nitrogen and oxygen atoms in total. The molecule has 0 atom stereocenters. The Morgan fingerprint density at radius 3 is 1.71 bits per heavy atom. The lowest BCUT2D eigenvalue weighted by Gasteiger charge is -2.34. The summed E-state index contributed by atoms with van der Waals surface area (Å²) in [6, 6.07) is 53.2. The van der Waals surface area contributed by atoms with E-state index in [-0.39, 0.29) is 27.1 Å². The Labute approximate surface area is 406 Å². The first kappa shape index (κ1) is 46.5. The Bertz CT molecular complexity index is 3150. The van der Waals surface area contributed by atoms with Crippen molar-refractivity contribution in [2.75, 3.05) is 16.5 Å². The summed E-state index contributed by atoms with van der Waals surface area (Å²) in [7, 11) is 0. The molecule has 348 valence electrons. The summed E-state index contributed by atoms with van der Waals surface area (Å²) in [6.07, 6.45) is 4.31. The van der Waals surface area contributed by atoms with Crippen molar-refractivity contribution < 1.29 is 4.74 Å². The van der Waals surface area contributed by atoms with E-state index in [1.165, 1.54) is 55.7 Å². The molecule has 0 unspecified atom stereocenters. The van der Waals surface area contributed by atoms with Crippen molar-refractivity contribution in [3.8, 4) is 28.4 Å². The van der Waals surface area contributed by atoms with Crippen LogP contribution < -0.4 is 14.5 Å². The van der Waals surface area contributed by atoms with Crippen LogP contribution in [-0.2, 0) is 21.7 Å².